The lowest BCUT2D eigenvalue weighted by Crippen LogP contribution is -2.30. The molecule has 1 N–H and O–H groups in total. The van der Waals surface area contributed by atoms with E-state index in [1.165, 1.54) is 30.5 Å². The quantitative estimate of drug-likeness (QED) is 0.812. The normalized spacial score (nSPS) is 21.6. The van der Waals surface area contributed by atoms with Gasteiger partial charge in [0.25, 0.3) is 0 Å². The molecule has 82 valence electrons. The molecule has 15 heavy (non-hydrogen) atoms. The second-order valence-corrected chi connectivity index (χ2v) is 4.92. The Hall–Kier alpha value is -0.530. The van der Waals surface area contributed by atoms with Crippen LogP contribution < -0.4 is 5.32 Å². The lowest BCUT2D eigenvalue weighted by molar-refractivity contribution is 0.376. The Kier molecular flexibility index (Phi) is 3.66. The molecule has 1 aliphatic heterocycles. The van der Waals surface area contributed by atoms with Gasteiger partial charge >= 0.3 is 0 Å². The van der Waals surface area contributed by atoms with Gasteiger partial charge in [-0.05, 0) is 56.8 Å². The molecule has 0 aromatic heterocycles. The van der Waals surface area contributed by atoms with E-state index in [-0.39, 0.29) is 0 Å². The standard InChI is InChI=1S/C13H18ClN/c1-10-4-5-13(14)12(7-10)8-11-3-2-6-15-9-11/h4-5,7,11,15H,2-3,6,8-9H2,1H3. The molecule has 0 amide bonds. The lowest BCUT2D eigenvalue weighted by Gasteiger charge is -2.23. The highest BCUT2D eigenvalue weighted by atomic mass is 35.5. The van der Waals surface area contributed by atoms with Crippen LogP contribution in [0.1, 0.15) is 24.0 Å². The van der Waals surface area contributed by atoms with E-state index < -0.39 is 0 Å². The molecule has 1 unspecified atom stereocenters. The van der Waals surface area contributed by atoms with Gasteiger partial charge in [0.1, 0.15) is 0 Å². The summed E-state index contributed by atoms with van der Waals surface area (Å²) < 4.78 is 0. The number of nitrogens with one attached hydrogen (secondary N) is 1. The molecular weight excluding hydrogens is 206 g/mol. The molecule has 1 heterocycles. The number of piperidine rings is 1. The van der Waals surface area contributed by atoms with Crippen molar-refractivity contribution in [2.24, 2.45) is 5.92 Å². The molecule has 2 rings (SSSR count). The van der Waals surface area contributed by atoms with Crippen LogP contribution in [0.2, 0.25) is 5.02 Å². The van der Waals surface area contributed by atoms with Crippen molar-refractivity contribution < 1.29 is 0 Å². The highest BCUT2D eigenvalue weighted by molar-refractivity contribution is 6.31. The zero-order valence-electron chi connectivity index (χ0n) is 9.22. The molecule has 1 atom stereocenters. The van der Waals surface area contributed by atoms with Crippen LogP contribution in [-0.2, 0) is 6.42 Å². The van der Waals surface area contributed by atoms with Crippen LogP contribution >= 0.6 is 11.6 Å². The molecule has 1 aromatic rings. The topological polar surface area (TPSA) is 12.0 Å². The van der Waals surface area contributed by atoms with Gasteiger partial charge in [0, 0.05) is 5.02 Å². The van der Waals surface area contributed by atoms with Crippen LogP contribution in [0.4, 0.5) is 0 Å². The van der Waals surface area contributed by atoms with Crippen LogP contribution in [0.3, 0.4) is 0 Å². The number of hydrogen-bond donors (Lipinski definition) is 1. The first-order valence-electron chi connectivity index (χ1n) is 5.71. The van der Waals surface area contributed by atoms with Crippen LogP contribution in [-0.4, -0.2) is 13.1 Å². The van der Waals surface area contributed by atoms with Crippen molar-refractivity contribution in [2.75, 3.05) is 13.1 Å². The van der Waals surface area contributed by atoms with Crippen LogP contribution in [0.25, 0.3) is 0 Å². The van der Waals surface area contributed by atoms with Gasteiger partial charge in [0.05, 0.1) is 0 Å². The summed E-state index contributed by atoms with van der Waals surface area (Å²) in [5.41, 5.74) is 2.61. The maximum absolute atomic E-state index is 6.20. The smallest absolute Gasteiger partial charge is 0.0438 e. The summed E-state index contributed by atoms with van der Waals surface area (Å²) in [6.45, 7) is 4.45. The highest BCUT2D eigenvalue weighted by Crippen LogP contribution is 2.23. The van der Waals surface area contributed by atoms with E-state index >= 15 is 0 Å². The van der Waals surface area contributed by atoms with Crippen LogP contribution in [0.15, 0.2) is 18.2 Å². The van der Waals surface area contributed by atoms with Gasteiger partial charge in [-0.1, -0.05) is 29.3 Å². The van der Waals surface area contributed by atoms with Crippen molar-refractivity contribution in [2.45, 2.75) is 26.2 Å². The van der Waals surface area contributed by atoms with E-state index in [1.807, 2.05) is 6.07 Å². The summed E-state index contributed by atoms with van der Waals surface area (Å²) in [4.78, 5) is 0. The molecule has 1 fully saturated rings. The van der Waals surface area contributed by atoms with Crippen molar-refractivity contribution in [1.29, 1.82) is 0 Å². The first-order chi connectivity index (χ1) is 7.25. The van der Waals surface area contributed by atoms with Crippen molar-refractivity contribution in [3.63, 3.8) is 0 Å². The monoisotopic (exact) mass is 223 g/mol. The molecule has 0 bridgehead atoms. The first kappa shape index (κ1) is 11.0. The minimum atomic E-state index is 0.762. The molecule has 0 spiro atoms. The summed E-state index contributed by atoms with van der Waals surface area (Å²) in [6.07, 6.45) is 3.75. The van der Waals surface area contributed by atoms with Crippen molar-refractivity contribution in [1.82, 2.24) is 5.32 Å². The predicted molar refractivity (Wildman–Crippen MR) is 65.5 cm³/mol. The minimum Gasteiger partial charge on any atom is -0.316 e. The third-order valence-corrected chi connectivity index (χ3v) is 3.48. The molecule has 1 nitrogen and oxygen atoms in total. The largest absolute Gasteiger partial charge is 0.316 e. The Morgan fingerprint density at radius 1 is 1.47 bits per heavy atom. The summed E-state index contributed by atoms with van der Waals surface area (Å²) >= 11 is 6.20. The van der Waals surface area contributed by atoms with Crippen molar-refractivity contribution in [3.05, 3.63) is 34.3 Å². The number of halogens is 1. The SMILES string of the molecule is Cc1ccc(Cl)c(CC2CCCNC2)c1. The van der Waals surface area contributed by atoms with E-state index in [0.717, 1.165) is 23.9 Å². The summed E-state index contributed by atoms with van der Waals surface area (Å²) in [5, 5.41) is 4.37. The Morgan fingerprint density at radius 3 is 3.07 bits per heavy atom. The summed E-state index contributed by atoms with van der Waals surface area (Å²) in [7, 11) is 0. The first-order valence-corrected chi connectivity index (χ1v) is 6.09. The summed E-state index contributed by atoms with van der Waals surface area (Å²) in [5.74, 6) is 0.762. The number of benzene rings is 1. The second kappa shape index (κ2) is 5.00. The second-order valence-electron chi connectivity index (χ2n) is 4.51. The Morgan fingerprint density at radius 2 is 2.33 bits per heavy atom. The maximum atomic E-state index is 6.20. The van der Waals surface area contributed by atoms with Gasteiger partial charge in [-0.3, -0.25) is 0 Å². The highest BCUT2D eigenvalue weighted by Gasteiger charge is 2.14. The van der Waals surface area contributed by atoms with Crippen LogP contribution in [0, 0.1) is 12.8 Å². The third kappa shape index (κ3) is 2.96. The van der Waals surface area contributed by atoms with E-state index in [2.05, 4.69) is 24.4 Å². The fraction of sp³-hybridized carbons (Fsp3) is 0.538. The molecule has 1 aliphatic rings. The van der Waals surface area contributed by atoms with Crippen LogP contribution in [0.5, 0.6) is 0 Å². The van der Waals surface area contributed by atoms with E-state index in [0.29, 0.717) is 0 Å². The molecule has 0 saturated carbocycles. The Bertz CT molecular complexity index is 329. The zero-order chi connectivity index (χ0) is 10.7. The van der Waals surface area contributed by atoms with Crippen molar-refractivity contribution in [3.8, 4) is 0 Å². The van der Waals surface area contributed by atoms with Gasteiger partial charge in [-0.2, -0.15) is 0 Å². The van der Waals surface area contributed by atoms with E-state index in [9.17, 15) is 0 Å². The Labute approximate surface area is 96.8 Å². The fourth-order valence-electron chi connectivity index (χ4n) is 2.27. The molecule has 0 radical (unpaired) electrons. The zero-order valence-corrected chi connectivity index (χ0v) is 9.98. The molecule has 0 aliphatic carbocycles. The molecule has 1 aromatic carbocycles. The van der Waals surface area contributed by atoms with Gasteiger partial charge in [0.2, 0.25) is 0 Å². The predicted octanol–water partition coefficient (Wildman–Crippen LogP) is 3.19. The minimum absolute atomic E-state index is 0.762. The van der Waals surface area contributed by atoms with E-state index in [1.54, 1.807) is 0 Å². The number of hydrogen-bond acceptors (Lipinski definition) is 1. The third-order valence-electron chi connectivity index (χ3n) is 3.11. The Balaban J connectivity index is 2.05. The lowest BCUT2D eigenvalue weighted by atomic mass is 9.92. The maximum Gasteiger partial charge on any atom is 0.0438 e. The van der Waals surface area contributed by atoms with Gasteiger partial charge in [-0.25, -0.2) is 0 Å². The number of aryl methyl sites for hydroxylation is 1. The van der Waals surface area contributed by atoms with Gasteiger partial charge < -0.3 is 5.32 Å². The molecule has 2 heteroatoms. The van der Waals surface area contributed by atoms with Crippen molar-refractivity contribution >= 4 is 11.6 Å². The summed E-state index contributed by atoms with van der Waals surface area (Å²) in [6, 6.07) is 6.31. The van der Waals surface area contributed by atoms with E-state index in [4.69, 9.17) is 11.6 Å². The number of rotatable bonds is 2. The molecular formula is C13H18ClN. The van der Waals surface area contributed by atoms with Gasteiger partial charge in [0.15, 0.2) is 0 Å². The fourth-order valence-corrected chi connectivity index (χ4v) is 2.46. The average molecular weight is 224 g/mol. The molecule has 1 saturated heterocycles. The average Bonchev–Trinajstić information content (AvgIpc) is 2.25. The van der Waals surface area contributed by atoms with Gasteiger partial charge in [-0.15, -0.1) is 0 Å².